The number of allylic oxidation sites excluding steroid dienone is 1. The largest absolute Gasteiger partial charge is 0.265 e. The van der Waals surface area contributed by atoms with E-state index in [1.165, 1.54) is 0 Å². The number of hydrazone groups is 1. The van der Waals surface area contributed by atoms with E-state index in [1.54, 1.807) is 18.6 Å². The molecule has 0 aliphatic rings. The highest BCUT2D eigenvalue weighted by molar-refractivity contribution is 5.79. The summed E-state index contributed by atoms with van der Waals surface area (Å²) in [5, 5.41) is 4.30. The van der Waals surface area contributed by atoms with Crippen LogP contribution in [0.15, 0.2) is 72.6 Å². The molecule has 0 atom stereocenters. The fourth-order valence-corrected chi connectivity index (χ4v) is 2.41. The molecule has 0 amide bonds. The van der Waals surface area contributed by atoms with Crippen molar-refractivity contribution in [3.05, 3.63) is 84.3 Å². The van der Waals surface area contributed by atoms with Gasteiger partial charge < -0.3 is 0 Å². The third-order valence-electron chi connectivity index (χ3n) is 3.68. The van der Waals surface area contributed by atoms with Crippen molar-refractivity contribution in [2.24, 2.45) is 5.10 Å². The lowest BCUT2D eigenvalue weighted by Crippen LogP contribution is -2.05. The van der Waals surface area contributed by atoms with E-state index < -0.39 is 0 Å². The summed E-state index contributed by atoms with van der Waals surface area (Å²) in [6.45, 7) is 5.79. The zero-order valence-corrected chi connectivity index (χ0v) is 14.1. The number of hydrogen-bond donors (Lipinski definition) is 1. The summed E-state index contributed by atoms with van der Waals surface area (Å²) in [5.41, 5.74) is 6.88. The van der Waals surface area contributed by atoms with Crippen molar-refractivity contribution in [1.82, 2.24) is 15.0 Å². The molecule has 2 aromatic heterocycles. The monoisotopic (exact) mass is 329 g/mol. The maximum atomic E-state index is 4.66. The molecule has 1 N–H and O–H groups in total. The van der Waals surface area contributed by atoms with E-state index in [9.17, 15) is 0 Å². The Labute approximate surface area is 147 Å². The molecular weight excluding hydrogens is 310 g/mol. The summed E-state index contributed by atoms with van der Waals surface area (Å²) >= 11 is 0. The van der Waals surface area contributed by atoms with Gasteiger partial charge in [0, 0.05) is 29.2 Å². The number of rotatable bonds is 6. The predicted molar refractivity (Wildman–Crippen MR) is 102 cm³/mol. The average molecular weight is 329 g/mol. The lowest BCUT2D eigenvalue weighted by atomic mass is 10.1. The molecule has 5 heteroatoms. The summed E-state index contributed by atoms with van der Waals surface area (Å²) in [7, 11) is 0. The Morgan fingerprint density at radius 2 is 1.84 bits per heavy atom. The molecule has 0 saturated heterocycles. The fraction of sp³-hybridized carbons (Fsp3) is 0.100. The minimum absolute atomic E-state index is 0.674. The van der Waals surface area contributed by atoms with Gasteiger partial charge in [-0.05, 0) is 31.0 Å². The number of aromatic nitrogens is 3. The Balaban J connectivity index is 1.93. The van der Waals surface area contributed by atoms with Crippen LogP contribution in [-0.4, -0.2) is 21.2 Å². The molecule has 0 aliphatic heterocycles. The Hall–Kier alpha value is -3.34. The molecule has 0 fully saturated rings. The molecule has 0 saturated carbocycles. The van der Waals surface area contributed by atoms with Crippen LogP contribution in [0, 0.1) is 6.92 Å². The Kier molecular flexibility index (Phi) is 5.26. The van der Waals surface area contributed by atoms with Gasteiger partial charge in [0.25, 0.3) is 0 Å². The van der Waals surface area contributed by atoms with Crippen molar-refractivity contribution < 1.29 is 0 Å². The van der Waals surface area contributed by atoms with Crippen LogP contribution in [0.1, 0.15) is 16.8 Å². The van der Waals surface area contributed by atoms with E-state index in [4.69, 9.17) is 0 Å². The van der Waals surface area contributed by atoms with E-state index >= 15 is 0 Å². The zero-order valence-electron chi connectivity index (χ0n) is 14.1. The van der Waals surface area contributed by atoms with Gasteiger partial charge in [-0.15, -0.1) is 6.58 Å². The van der Waals surface area contributed by atoms with Crippen LogP contribution in [-0.2, 0) is 6.42 Å². The van der Waals surface area contributed by atoms with Gasteiger partial charge in [0.2, 0.25) is 0 Å². The van der Waals surface area contributed by atoms with Crippen molar-refractivity contribution in [3.63, 3.8) is 0 Å². The molecule has 25 heavy (non-hydrogen) atoms. The number of nitrogens with zero attached hydrogens (tertiary/aromatic N) is 4. The third kappa shape index (κ3) is 4.14. The number of anilines is 1. The molecule has 0 aliphatic carbocycles. The van der Waals surface area contributed by atoms with Crippen molar-refractivity contribution in [3.8, 4) is 11.4 Å². The number of benzene rings is 1. The SMILES string of the molecule is C=CCc1c(C)nc(-c2ccccc2)nc1N/N=C/c1ccncc1. The summed E-state index contributed by atoms with van der Waals surface area (Å²) in [6.07, 6.45) is 7.71. The second kappa shape index (κ2) is 7.97. The normalized spacial score (nSPS) is 10.8. The first-order valence-corrected chi connectivity index (χ1v) is 8.01. The molecular formula is C20H19N5. The van der Waals surface area contributed by atoms with Crippen LogP contribution in [0.2, 0.25) is 0 Å². The van der Waals surface area contributed by atoms with E-state index in [-0.39, 0.29) is 0 Å². The van der Waals surface area contributed by atoms with Gasteiger partial charge in [-0.25, -0.2) is 9.97 Å². The van der Waals surface area contributed by atoms with Gasteiger partial charge >= 0.3 is 0 Å². The molecule has 0 radical (unpaired) electrons. The highest BCUT2D eigenvalue weighted by Gasteiger charge is 2.11. The molecule has 3 rings (SSSR count). The molecule has 1 aromatic carbocycles. The van der Waals surface area contributed by atoms with Crippen LogP contribution < -0.4 is 5.43 Å². The first-order chi connectivity index (χ1) is 12.3. The van der Waals surface area contributed by atoms with Crippen LogP contribution in [0.5, 0.6) is 0 Å². The van der Waals surface area contributed by atoms with E-state index in [1.807, 2.05) is 55.5 Å². The average Bonchev–Trinajstić information content (AvgIpc) is 2.66. The van der Waals surface area contributed by atoms with Gasteiger partial charge in [0.05, 0.1) is 6.21 Å². The lowest BCUT2D eigenvalue weighted by molar-refractivity contribution is 1.03. The summed E-state index contributed by atoms with van der Waals surface area (Å²) in [4.78, 5) is 13.3. The first-order valence-electron chi connectivity index (χ1n) is 8.01. The Morgan fingerprint density at radius 1 is 1.08 bits per heavy atom. The van der Waals surface area contributed by atoms with Crippen molar-refractivity contribution >= 4 is 12.0 Å². The van der Waals surface area contributed by atoms with Crippen LogP contribution in [0.4, 0.5) is 5.82 Å². The number of nitrogens with one attached hydrogen (secondary N) is 1. The van der Waals surface area contributed by atoms with Crippen LogP contribution in [0.3, 0.4) is 0 Å². The van der Waals surface area contributed by atoms with Gasteiger partial charge in [-0.2, -0.15) is 5.10 Å². The lowest BCUT2D eigenvalue weighted by Gasteiger charge is -2.11. The molecule has 124 valence electrons. The zero-order chi connectivity index (χ0) is 17.5. The highest BCUT2D eigenvalue weighted by Crippen LogP contribution is 2.23. The molecule has 5 nitrogen and oxygen atoms in total. The molecule has 0 unspecified atom stereocenters. The van der Waals surface area contributed by atoms with E-state index in [2.05, 4.69) is 32.1 Å². The summed E-state index contributed by atoms with van der Waals surface area (Å²) in [5.74, 6) is 1.36. The second-order valence-corrected chi connectivity index (χ2v) is 5.47. The van der Waals surface area contributed by atoms with Crippen molar-refractivity contribution in [2.75, 3.05) is 5.43 Å². The van der Waals surface area contributed by atoms with Crippen LogP contribution >= 0.6 is 0 Å². The van der Waals surface area contributed by atoms with E-state index in [0.717, 1.165) is 22.4 Å². The standard InChI is InChI=1S/C20H19N5/c1-3-7-18-15(2)23-19(17-8-5-4-6-9-17)24-20(18)25-22-14-16-10-12-21-13-11-16/h3-6,8-14H,1,7H2,2H3,(H,23,24,25)/b22-14+. The molecule has 2 heterocycles. The van der Waals surface area contributed by atoms with Gasteiger partial charge in [-0.3, -0.25) is 10.4 Å². The number of aryl methyl sites for hydroxylation is 1. The Bertz CT molecular complexity index is 873. The van der Waals surface area contributed by atoms with Gasteiger partial charge in [-0.1, -0.05) is 36.4 Å². The second-order valence-electron chi connectivity index (χ2n) is 5.47. The molecule has 3 aromatic rings. The maximum Gasteiger partial charge on any atom is 0.161 e. The van der Waals surface area contributed by atoms with Crippen molar-refractivity contribution in [2.45, 2.75) is 13.3 Å². The minimum atomic E-state index is 0.674. The fourth-order valence-electron chi connectivity index (χ4n) is 2.41. The highest BCUT2D eigenvalue weighted by atomic mass is 15.3. The predicted octanol–water partition coefficient (Wildman–Crippen LogP) is 4.02. The third-order valence-corrected chi connectivity index (χ3v) is 3.68. The molecule has 0 spiro atoms. The minimum Gasteiger partial charge on any atom is -0.265 e. The van der Waals surface area contributed by atoms with Gasteiger partial charge in [0.15, 0.2) is 11.6 Å². The maximum absolute atomic E-state index is 4.66. The number of pyridine rings is 1. The quantitative estimate of drug-likeness (QED) is 0.421. The first kappa shape index (κ1) is 16.5. The summed E-state index contributed by atoms with van der Waals surface area (Å²) in [6, 6.07) is 13.7. The molecule has 0 bridgehead atoms. The van der Waals surface area contributed by atoms with Gasteiger partial charge in [0.1, 0.15) is 0 Å². The topological polar surface area (TPSA) is 63.1 Å². The van der Waals surface area contributed by atoms with E-state index in [0.29, 0.717) is 18.1 Å². The van der Waals surface area contributed by atoms with Crippen molar-refractivity contribution in [1.29, 1.82) is 0 Å². The Morgan fingerprint density at radius 3 is 2.56 bits per heavy atom. The summed E-state index contributed by atoms with van der Waals surface area (Å²) < 4.78 is 0. The van der Waals surface area contributed by atoms with Crippen LogP contribution in [0.25, 0.3) is 11.4 Å². The number of hydrogen-bond acceptors (Lipinski definition) is 5. The smallest absolute Gasteiger partial charge is 0.161 e.